The Morgan fingerprint density at radius 2 is 0.574 bits per heavy atom. The average molecular weight is 939 g/mol. The van der Waals surface area contributed by atoms with Gasteiger partial charge < -0.3 is 14.2 Å². The third-order valence-electron chi connectivity index (χ3n) is 10.9. The lowest BCUT2D eigenvalue weighted by Gasteiger charge is -2.18. The van der Waals surface area contributed by atoms with Crippen molar-refractivity contribution < 1.29 is 28.6 Å². The smallest absolute Gasteiger partial charge is 0.306 e. The van der Waals surface area contributed by atoms with Gasteiger partial charge in [-0.3, -0.25) is 14.4 Å². The van der Waals surface area contributed by atoms with Gasteiger partial charge in [-0.15, -0.1) is 0 Å². The van der Waals surface area contributed by atoms with Crippen molar-refractivity contribution >= 4 is 17.9 Å². The maximum absolute atomic E-state index is 12.8. The van der Waals surface area contributed by atoms with Gasteiger partial charge in [0.05, 0.1) is 0 Å². The van der Waals surface area contributed by atoms with E-state index in [1.165, 1.54) is 25.7 Å². The molecule has 1 atom stereocenters. The molecule has 0 heterocycles. The van der Waals surface area contributed by atoms with Gasteiger partial charge in [-0.1, -0.05) is 206 Å². The van der Waals surface area contributed by atoms with Crippen LogP contribution in [0.1, 0.15) is 220 Å². The lowest BCUT2D eigenvalue weighted by Crippen LogP contribution is -2.30. The van der Waals surface area contributed by atoms with Crippen LogP contribution >= 0.6 is 0 Å². The SMILES string of the molecule is CC/C=C\C/C=C\C/C=C\C/C=C\C/C=C\C/C=C\CCCCCCCCC(=O)OCC(COC(=O)CCCCCCC/C=C\CCC)OC(=O)CCCC/C=C\C/C=C\C/C=C\C/C=C\CC. The first-order valence-electron chi connectivity index (χ1n) is 27.2. The number of hydrogen-bond donors (Lipinski definition) is 0. The Hall–Kier alpha value is -4.45. The number of rotatable bonds is 47. The van der Waals surface area contributed by atoms with Gasteiger partial charge in [0.15, 0.2) is 6.10 Å². The lowest BCUT2D eigenvalue weighted by molar-refractivity contribution is -0.167. The molecule has 6 heteroatoms. The van der Waals surface area contributed by atoms with Gasteiger partial charge in [-0.25, -0.2) is 0 Å². The van der Waals surface area contributed by atoms with E-state index in [1.807, 2.05) is 0 Å². The molecule has 382 valence electrons. The molecule has 0 aromatic rings. The first-order chi connectivity index (χ1) is 33.5. The molecule has 0 amide bonds. The van der Waals surface area contributed by atoms with Crippen molar-refractivity contribution in [2.45, 2.75) is 226 Å². The zero-order valence-corrected chi connectivity index (χ0v) is 43.6. The quantitative estimate of drug-likeness (QED) is 0.0262. The van der Waals surface area contributed by atoms with Crippen LogP contribution in [0.15, 0.2) is 134 Å². The Morgan fingerprint density at radius 1 is 0.309 bits per heavy atom. The van der Waals surface area contributed by atoms with Gasteiger partial charge in [-0.2, -0.15) is 0 Å². The van der Waals surface area contributed by atoms with Crippen molar-refractivity contribution in [1.82, 2.24) is 0 Å². The van der Waals surface area contributed by atoms with Crippen LogP contribution in [0.4, 0.5) is 0 Å². The van der Waals surface area contributed by atoms with Gasteiger partial charge in [0.1, 0.15) is 13.2 Å². The summed E-state index contributed by atoms with van der Waals surface area (Å²) in [5.74, 6) is -0.985. The lowest BCUT2D eigenvalue weighted by atomic mass is 10.1. The summed E-state index contributed by atoms with van der Waals surface area (Å²) in [6.45, 7) is 6.27. The van der Waals surface area contributed by atoms with Crippen molar-refractivity contribution in [1.29, 1.82) is 0 Å². The van der Waals surface area contributed by atoms with Crippen molar-refractivity contribution in [3.05, 3.63) is 134 Å². The molecule has 0 N–H and O–H groups in total. The maximum atomic E-state index is 12.8. The summed E-state index contributed by atoms with van der Waals surface area (Å²) in [5, 5.41) is 0. The van der Waals surface area contributed by atoms with E-state index in [2.05, 4.69) is 154 Å². The molecule has 6 nitrogen and oxygen atoms in total. The number of allylic oxidation sites excluding steroid dienone is 22. The molecule has 68 heavy (non-hydrogen) atoms. The minimum atomic E-state index is -0.813. The van der Waals surface area contributed by atoms with Crippen molar-refractivity contribution in [3.63, 3.8) is 0 Å². The minimum Gasteiger partial charge on any atom is -0.462 e. The minimum absolute atomic E-state index is 0.109. The van der Waals surface area contributed by atoms with E-state index in [-0.39, 0.29) is 37.5 Å². The molecule has 0 spiro atoms. The third kappa shape index (κ3) is 52.5. The molecule has 0 rings (SSSR count). The van der Waals surface area contributed by atoms with Crippen LogP contribution in [0, 0.1) is 0 Å². The zero-order valence-electron chi connectivity index (χ0n) is 43.6. The highest BCUT2D eigenvalue weighted by Crippen LogP contribution is 2.13. The summed E-state index contributed by atoms with van der Waals surface area (Å²) in [6, 6.07) is 0. The summed E-state index contributed by atoms with van der Waals surface area (Å²) in [7, 11) is 0. The maximum Gasteiger partial charge on any atom is 0.306 e. The molecule has 0 aliphatic carbocycles. The number of carbonyl (C=O) groups is 3. The van der Waals surface area contributed by atoms with E-state index < -0.39 is 6.10 Å². The van der Waals surface area contributed by atoms with Crippen LogP contribution in [0.25, 0.3) is 0 Å². The highest BCUT2D eigenvalue weighted by atomic mass is 16.6. The van der Waals surface area contributed by atoms with E-state index in [4.69, 9.17) is 14.2 Å². The third-order valence-corrected chi connectivity index (χ3v) is 10.9. The molecule has 0 fully saturated rings. The second-order valence-electron chi connectivity index (χ2n) is 17.4. The van der Waals surface area contributed by atoms with Crippen molar-refractivity contribution in [2.75, 3.05) is 13.2 Å². The van der Waals surface area contributed by atoms with Crippen LogP contribution in [-0.4, -0.2) is 37.2 Å². The molecule has 1 unspecified atom stereocenters. The normalized spacial score (nSPS) is 13.2. The van der Waals surface area contributed by atoms with Gasteiger partial charge >= 0.3 is 17.9 Å². The first-order valence-corrected chi connectivity index (χ1v) is 27.2. The Labute approximate surface area is 417 Å². The standard InChI is InChI=1S/C62H98O6/c1-4-7-10-13-16-19-22-24-26-27-28-29-30-31-32-33-34-35-37-38-40-43-46-49-52-55-61(64)67-58-59(57-66-60(63)54-51-48-45-42-21-18-15-12-9-6-3)68-62(65)56-53-50-47-44-41-39-36-25-23-20-17-14-11-8-5-2/h7-8,10-12,15-17,19-20,24-26,28-29,31-32,34-36,41,44,59H,4-6,9,13-14,18,21-23,27,30,33,37-40,42-43,45-58H2,1-3H3/b10-7-,11-8-,15-12-,19-16-,20-17-,26-24-,29-28-,32-31-,35-34-,36-25-,44-41-. The molecule has 0 aromatic heterocycles. The fraction of sp³-hybridized carbons (Fsp3) is 0.597. The molecule has 0 radical (unpaired) electrons. The van der Waals surface area contributed by atoms with E-state index in [0.29, 0.717) is 19.3 Å². The molecule has 0 aliphatic heterocycles. The number of ether oxygens (including phenoxy) is 3. The van der Waals surface area contributed by atoms with Crippen molar-refractivity contribution in [2.24, 2.45) is 0 Å². The summed E-state index contributed by atoms with van der Waals surface area (Å²) in [6.07, 6.45) is 77.3. The second kappa shape index (κ2) is 55.1. The average Bonchev–Trinajstić information content (AvgIpc) is 3.34. The summed E-state index contributed by atoms with van der Waals surface area (Å²) in [5.41, 5.74) is 0. The number of carbonyl (C=O) groups excluding carboxylic acids is 3. The van der Waals surface area contributed by atoms with Crippen LogP contribution in [-0.2, 0) is 28.6 Å². The van der Waals surface area contributed by atoms with Crippen LogP contribution in [0.3, 0.4) is 0 Å². The van der Waals surface area contributed by atoms with Gasteiger partial charge in [0, 0.05) is 19.3 Å². The predicted molar refractivity (Wildman–Crippen MR) is 292 cm³/mol. The van der Waals surface area contributed by atoms with Gasteiger partial charge in [0.2, 0.25) is 0 Å². The second-order valence-corrected chi connectivity index (χ2v) is 17.4. The number of esters is 3. The van der Waals surface area contributed by atoms with Crippen LogP contribution in [0.2, 0.25) is 0 Å². The van der Waals surface area contributed by atoms with E-state index >= 15 is 0 Å². The predicted octanol–water partition coefficient (Wildman–Crippen LogP) is 18.3. The summed E-state index contributed by atoms with van der Waals surface area (Å²) in [4.78, 5) is 38.0. The fourth-order valence-corrected chi connectivity index (χ4v) is 6.85. The molecule has 0 aliphatic rings. The highest BCUT2D eigenvalue weighted by Gasteiger charge is 2.19. The van der Waals surface area contributed by atoms with Crippen LogP contribution < -0.4 is 0 Å². The zero-order chi connectivity index (χ0) is 49.3. The van der Waals surface area contributed by atoms with Gasteiger partial charge in [0.25, 0.3) is 0 Å². The van der Waals surface area contributed by atoms with Crippen LogP contribution in [0.5, 0.6) is 0 Å². The monoisotopic (exact) mass is 939 g/mol. The first kappa shape index (κ1) is 63.5. The van der Waals surface area contributed by atoms with Gasteiger partial charge in [-0.05, 0) is 128 Å². The van der Waals surface area contributed by atoms with Crippen molar-refractivity contribution in [3.8, 4) is 0 Å². The Bertz CT molecular complexity index is 1500. The Morgan fingerprint density at radius 3 is 0.941 bits per heavy atom. The largest absolute Gasteiger partial charge is 0.462 e. The number of hydrogen-bond acceptors (Lipinski definition) is 6. The molecule has 0 aromatic carbocycles. The number of unbranched alkanes of at least 4 members (excludes halogenated alkanes) is 14. The molecule has 0 saturated heterocycles. The molecular formula is C62H98O6. The van der Waals surface area contributed by atoms with E-state index in [9.17, 15) is 14.4 Å². The summed E-state index contributed by atoms with van der Waals surface area (Å²) < 4.78 is 16.7. The van der Waals surface area contributed by atoms with E-state index in [0.717, 1.165) is 148 Å². The van der Waals surface area contributed by atoms with E-state index in [1.54, 1.807) is 0 Å². The summed E-state index contributed by atoms with van der Waals surface area (Å²) >= 11 is 0. The molecular weight excluding hydrogens is 841 g/mol. The molecule has 0 bridgehead atoms. The highest BCUT2D eigenvalue weighted by molar-refractivity contribution is 5.71. The topological polar surface area (TPSA) is 78.9 Å². The Balaban J connectivity index is 4.40. The Kier molecular flexibility index (Phi) is 51.5. The molecule has 0 saturated carbocycles. The fourth-order valence-electron chi connectivity index (χ4n) is 6.85.